The molecule has 0 aliphatic heterocycles. The Bertz CT molecular complexity index is 238. The van der Waals surface area contributed by atoms with Crippen LogP contribution in [0, 0.1) is 5.92 Å². The maximum Gasteiger partial charge on any atom is 0.326 e. The molecule has 0 radical (unpaired) electrons. The molecule has 0 aromatic rings. The van der Waals surface area contributed by atoms with Crippen molar-refractivity contribution in [3.63, 3.8) is 0 Å². The van der Waals surface area contributed by atoms with Gasteiger partial charge in [0.05, 0.1) is 0 Å². The minimum atomic E-state index is -0.560. The lowest BCUT2D eigenvalue weighted by Gasteiger charge is -2.30. The Morgan fingerprint density at radius 3 is 2.69 bits per heavy atom. The third-order valence-corrected chi connectivity index (χ3v) is 3.29. The molecule has 94 valence electrons. The molecule has 3 heteroatoms. The van der Waals surface area contributed by atoms with Gasteiger partial charge in [0.2, 0.25) is 0 Å². The van der Waals surface area contributed by atoms with Gasteiger partial charge in [-0.3, -0.25) is 4.79 Å². The molecule has 0 spiro atoms. The van der Waals surface area contributed by atoms with Gasteiger partial charge in [-0.05, 0) is 45.6 Å². The number of hydrogen-bond acceptors (Lipinski definition) is 3. The number of carbonyl (C=O) groups excluding carboxylic acids is 1. The van der Waals surface area contributed by atoms with E-state index in [0.29, 0.717) is 5.92 Å². The first-order valence-electron chi connectivity index (χ1n) is 6.41. The van der Waals surface area contributed by atoms with E-state index in [1.807, 2.05) is 20.8 Å². The zero-order valence-electron chi connectivity index (χ0n) is 11.0. The van der Waals surface area contributed by atoms with E-state index in [2.05, 4.69) is 12.2 Å². The van der Waals surface area contributed by atoms with Crippen LogP contribution in [0.4, 0.5) is 0 Å². The molecule has 3 nitrogen and oxygen atoms in total. The normalized spacial score (nSPS) is 26.5. The van der Waals surface area contributed by atoms with Crippen molar-refractivity contribution in [2.45, 2.75) is 65.0 Å². The molecule has 0 heterocycles. The Labute approximate surface area is 98.9 Å². The summed E-state index contributed by atoms with van der Waals surface area (Å²) < 4.78 is 5.58. The first-order valence-corrected chi connectivity index (χ1v) is 6.41. The summed E-state index contributed by atoms with van der Waals surface area (Å²) in [6, 6.07) is 0. The highest BCUT2D eigenvalue weighted by atomic mass is 16.5. The molecule has 1 aliphatic rings. The van der Waals surface area contributed by atoms with Crippen molar-refractivity contribution in [2.24, 2.45) is 5.92 Å². The highest BCUT2D eigenvalue weighted by molar-refractivity contribution is 5.79. The van der Waals surface area contributed by atoms with Gasteiger partial charge < -0.3 is 10.1 Å². The van der Waals surface area contributed by atoms with E-state index in [9.17, 15) is 4.79 Å². The fourth-order valence-electron chi connectivity index (χ4n) is 2.30. The molecule has 1 rings (SSSR count). The van der Waals surface area contributed by atoms with E-state index < -0.39 is 5.54 Å². The van der Waals surface area contributed by atoms with Crippen molar-refractivity contribution in [1.82, 2.24) is 5.32 Å². The van der Waals surface area contributed by atoms with Gasteiger partial charge in [-0.25, -0.2) is 0 Å². The molecule has 1 N–H and O–H groups in total. The van der Waals surface area contributed by atoms with E-state index in [-0.39, 0.29) is 12.1 Å². The van der Waals surface area contributed by atoms with Crippen LogP contribution >= 0.6 is 0 Å². The lowest BCUT2D eigenvalue weighted by molar-refractivity contribution is -0.158. The van der Waals surface area contributed by atoms with E-state index in [1.54, 1.807) is 0 Å². The van der Waals surface area contributed by atoms with Crippen LogP contribution in [0.3, 0.4) is 0 Å². The third kappa shape index (κ3) is 3.78. The van der Waals surface area contributed by atoms with Crippen molar-refractivity contribution >= 4 is 5.97 Å². The second-order valence-corrected chi connectivity index (χ2v) is 5.45. The molecule has 2 unspecified atom stereocenters. The Morgan fingerprint density at radius 1 is 1.44 bits per heavy atom. The van der Waals surface area contributed by atoms with Gasteiger partial charge in [0, 0.05) is 0 Å². The molecule has 1 saturated carbocycles. The Balaban J connectivity index is 2.44. The van der Waals surface area contributed by atoms with E-state index in [1.165, 1.54) is 12.8 Å². The minimum Gasteiger partial charge on any atom is -0.461 e. The molecule has 0 amide bonds. The standard InChI is InChI=1S/C13H25NO2/c1-5-14-13(3,4)12(15)16-11-8-6-7-10(2)9-11/h10-11,14H,5-9H2,1-4H3. The minimum absolute atomic E-state index is 0.117. The van der Waals surface area contributed by atoms with Gasteiger partial charge in [0.25, 0.3) is 0 Å². The number of carbonyl (C=O) groups is 1. The van der Waals surface area contributed by atoms with Crippen molar-refractivity contribution in [1.29, 1.82) is 0 Å². The number of esters is 1. The van der Waals surface area contributed by atoms with E-state index in [4.69, 9.17) is 4.74 Å². The van der Waals surface area contributed by atoms with Gasteiger partial charge >= 0.3 is 5.97 Å². The topological polar surface area (TPSA) is 38.3 Å². The summed E-state index contributed by atoms with van der Waals surface area (Å²) in [7, 11) is 0. The highest BCUT2D eigenvalue weighted by Gasteiger charge is 2.31. The molecule has 0 saturated heterocycles. The Morgan fingerprint density at radius 2 is 2.12 bits per heavy atom. The fraction of sp³-hybridized carbons (Fsp3) is 0.923. The van der Waals surface area contributed by atoms with Gasteiger partial charge in [0.15, 0.2) is 0 Å². The zero-order chi connectivity index (χ0) is 12.2. The maximum absolute atomic E-state index is 11.9. The quantitative estimate of drug-likeness (QED) is 0.750. The Kier molecular flexibility index (Phi) is 4.78. The molecular formula is C13H25NO2. The molecule has 1 aliphatic carbocycles. The second kappa shape index (κ2) is 5.67. The number of rotatable bonds is 4. The fourth-order valence-corrected chi connectivity index (χ4v) is 2.30. The second-order valence-electron chi connectivity index (χ2n) is 5.45. The van der Waals surface area contributed by atoms with Crippen LogP contribution in [0.25, 0.3) is 0 Å². The lowest BCUT2D eigenvalue weighted by Crippen LogP contribution is -2.49. The number of nitrogens with one attached hydrogen (secondary N) is 1. The monoisotopic (exact) mass is 227 g/mol. The van der Waals surface area contributed by atoms with Gasteiger partial charge in [-0.2, -0.15) is 0 Å². The van der Waals surface area contributed by atoms with Crippen molar-refractivity contribution in [3.8, 4) is 0 Å². The first-order chi connectivity index (χ1) is 7.45. The predicted molar refractivity (Wildman–Crippen MR) is 65.3 cm³/mol. The number of hydrogen-bond donors (Lipinski definition) is 1. The zero-order valence-corrected chi connectivity index (χ0v) is 11.0. The average molecular weight is 227 g/mol. The lowest BCUT2D eigenvalue weighted by atomic mass is 9.88. The summed E-state index contributed by atoms with van der Waals surface area (Å²) in [4.78, 5) is 11.9. The van der Waals surface area contributed by atoms with Gasteiger partial charge in [0.1, 0.15) is 11.6 Å². The third-order valence-electron chi connectivity index (χ3n) is 3.29. The van der Waals surface area contributed by atoms with E-state index >= 15 is 0 Å². The summed E-state index contributed by atoms with van der Waals surface area (Å²) in [6.07, 6.45) is 4.63. The molecule has 0 aromatic carbocycles. The molecule has 0 aromatic heterocycles. The van der Waals surface area contributed by atoms with Crippen LogP contribution in [0.1, 0.15) is 53.4 Å². The smallest absolute Gasteiger partial charge is 0.326 e. The van der Waals surface area contributed by atoms with Crippen LogP contribution in [0.5, 0.6) is 0 Å². The van der Waals surface area contributed by atoms with Gasteiger partial charge in [-0.15, -0.1) is 0 Å². The van der Waals surface area contributed by atoms with Crippen LogP contribution in [0.2, 0.25) is 0 Å². The summed E-state index contributed by atoms with van der Waals surface area (Å²) in [6.45, 7) is 8.77. The maximum atomic E-state index is 11.9. The van der Waals surface area contributed by atoms with Crippen molar-refractivity contribution in [3.05, 3.63) is 0 Å². The summed E-state index contributed by atoms with van der Waals surface area (Å²) in [5.74, 6) is 0.572. The molecule has 16 heavy (non-hydrogen) atoms. The number of ether oxygens (including phenoxy) is 1. The van der Waals surface area contributed by atoms with E-state index in [0.717, 1.165) is 19.4 Å². The summed E-state index contributed by atoms with van der Waals surface area (Å²) in [5, 5.41) is 3.15. The van der Waals surface area contributed by atoms with Crippen molar-refractivity contribution < 1.29 is 9.53 Å². The predicted octanol–water partition coefficient (Wildman–Crippen LogP) is 2.50. The first kappa shape index (κ1) is 13.5. The van der Waals surface area contributed by atoms with Crippen LogP contribution < -0.4 is 5.32 Å². The molecule has 0 bridgehead atoms. The average Bonchev–Trinajstić information content (AvgIpc) is 2.17. The largest absolute Gasteiger partial charge is 0.461 e. The SMILES string of the molecule is CCNC(C)(C)C(=O)OC1CCCC(C)C1. The van der Waals surface area contributed by atoms with Crippen LogP contribution in [-0.2, 0) is 9.53 Å². The van der Waals surface area contributed by atoms with Crippen molar-refractivity contribution in [2.75, 3.05) is 6.54 Å². The summed E-state index contributed by atoms with van der Waals surface area (Å²) >= 11 is 0. The molecule has 1 fully saturated rings. The highest BCUT2D eigenvalue weighted by Crippen LogP contribution is 2.26. The van der Waals surface area contributed by atoms with Gasteiger partial charge in [-0.1, -0.05) is 20.3 Å². The summed E-state index contributed by atoms with van der Waals surface area (Å²) in [5.41, 5.74) is -0.560. The van der Waals surface area contributed by atoms with Crippen LogP contribution in [-0.4, -0.2) is 24.2 Å². The molecular weight excluding hydrogens is 202 g/mol. The van der Waals surface area contributed by atoms with Crippen LogP contribution in [0.15, 0.2) is 0 Å². The number of likely N-dealkylation sites (N-methyl/N-ethyl adjacent to an activating group) is 1. The molecule has 2 atom stereocenters. The Hall–Kier alpha value is -0.570.